The van der Waals surface area contributed by atoms with Crippen molar-refractivity contribution in [1.82, 2.24) is 20.2 Å². The summed E-state index contributed by atoms with van der Waals surface area (Å²) >= 11 is 0. The predicted octanol–water partition coefficient (Wildman–Crippen LogP) is 0.569. The lowest BCUT2D eigenvalue weighted by Gasteiger charge is -1.99. The Bertz CT molecular complexity index is 496. The molecule has 0 aliphatic carbocycles. The number of tetrazole rings is 1. The number of hydrogen-bond donors (Lipinski definition) is 1. The molecule has 0 unspecified atom stereocenters. The summed E-state index contributed by atoms with van der Waals surface area (Å²) in [7, 11) is 0. The molecule has 0 atom stereocenters. The standard InChI is InChI=1S/C9H7N5O/c10-5-6-14-9(11-12-13-14)7-1-3-8(15)4-2-7/h1-4,15H,6H2. The van der Waals surface area contributed by atoms with Gasteiger partial charge in [-0.3, -0.25) is 0 Å². The zero-order valence-electron chi connectivity index (χ0n) is 7.70. The third-order valence-corrected chi connectivity index (χ3v) is 1.88. The van der Waals surface area contributed by atoms with Crippen LogP contribution in [0.3, 0.4) is 0 Å². The Morgan fingerprint density at radius 1 is 1.33 bits per heavy atom. The van der Waals surface area contributed by atoms with E-state index in [1.807, 2.05) is 6.07 Å². The molecular weight excluding hydrogens is 194 g/mol. The van der Waals surface area contributed by atoms with Crippen LogP contribution in [0.1, 0.15) is 0 Å². The largest absolute Gasteiger partial charge is 0.508 e. The Morgan fingerprint density at radius 2 is 2.07 bits per heavy atom. The molecule has 0 radical (unpaired) electrons. The smallest absolute Gasteiger partial charge is 0.183 e. The number of benzene rings is 1. The predicted molar refractivity (Wildman–Crippen MR) is 50.5 cm³/mol. The van der Waals surface area contributed by atoms with Crippen molar-refractivity contribution in [3.05, 3.63) is 24.3 Å². The van der Waals surface area contributed by atoms with Gasteiger partial charge in [0, 0.05) is 5.56 Å². The molecular formula is C9H7N5O. The normalized spacial score (nSPS) is 9.80. The van der Waals surface area contributed by atoms with E-state index in [1.54, 1.807) is 24.3 Å². The first kappa shape index (κ1) is 9.15. The number of phenolic OH excluding ortho intramolecular Hbond substituents is 1. The number of nitrogens with zero attached hydrogens (tertiary/aromatic N) is 5. The van der Waals surface area contributed by atoms with Gasteiger partial charge in [0.25, 0.3) is 0 Å². The van der Waals surface area contributed by atoms with Crippen LogP contribution in [-0.2, 0) is 6.54 Å². The molecule has 0 saturated carbocycles. The lowest BCUT2D eigenvalue weighted by Crippen LogP contribution is -2.00. The van der Waals surface area contributed by atoms with Crippen molar-refractivity contribution >= 4 is 0 Å². The minimum atomic E-state index is 0.100. The number of nitriles is 1. The topological polar surface area (TPSA) is 87.6 Å². The fourth-order valence-corrected chi connectivity index (χ4v) is 1.20. The number of aromatic hydroxyl groups is 1. The molecule has 2 aromatic rings. The maximum absolute atomic E-state index is 9.12. The van der Waals surface area contributed by atoms with Gasteiger partial charge < -0.3 is 5.11 Å². The van der Waals surface area contributed by atoms with Crippen LogP contribution in [0.5, 0.6) is 5.75 Å². The lowest BCUT2D eigenvalue weighted by atomic mass is 10.2. The zero-order chi connectivity index (χ0) is 10.7. The summed E-state index contributed by atoms with van der Waals surface area (Å²) in [6.07, 6.45) is 0. The van der Waals surface area contributed by atoms with Crippen LogP contribution in [-0.4, -0.2) is 25.3 Å². The van der Waals surface area contributed by atoms with Crippen molar-refractivity contribution in [2.75, 3.05) is 0 Å². The summed E-state index contributed by atoms with van der Waals surface area (Å²) in [6.45, 7) is 0.100. The third-order valence-electron chi connectivity index (χ3n) is 1.88. The Hall–Kier alpha value is -2.42. The van der Waals surface area contributed by atoms with E-state index in [9.17, 15) is 0 Å². The average molecular weight is 201 g/mol. The van der Waals surface area contributed by atoms with Gasteiger partial charge in [-0.25, -0.2) is 4.68 Å². The van der Waals surface area contributed by atoms with E-state index in [2.05, 4.69) is 15.5 Å². The van der Waals surface area contributed by atoms with Crippen LogP contribution in [0.15, 0.2) is 24.3 Å². The second-order valence-electron chi connectivity index (χ2n) is 2.87. The zero-order valence-corrected chi connectivity index (χ0v) is 7.70. The second-order valence-corrected chi connectivity index (χ2v) is 2.87. The fourth-order valence-electron chi connectivity index (χ4n) is 1.20. The fraction of sp³-hybridized carbons (Fsp3) is 0.111. The minimum absolute atomic E-state index is 0.100. The highest BCUT2D eigenvalue weighted by atomic mass is 16.3. The first-order chi connectivity index (χ1) is 7.31. The highest BCUT2D eigenvalue weighted by Crippen LogP contribution is 2.18. The lowest BCUT2D eigenvalue weighted by molar-refractivity contribution is 0.475. The number of rotatable bonds is 2. The van der Waals surface area contributed by atoms with Gasteiger partial charge in [0.15, 0.2) is 5.82 Å². The molecule has 0 spiro atoms. The van der Waals surface area contributed by atoms with Crippen molar-refractivity contribution in [2.45, 2.75) is 6.54 Å². The van der Waals surface area contributed by atoms with Crippen molar-refractivity contribution in [2.24, 2.45) is 0 Å². The molecule has 0 amide bonds. The Balaban J connectivity index is 2.41. The SMILES string of the molecule is N#CCn1nnnc1-c1ccc(O)cc1. The molecule has 2 rings (SSSR count). The molecule has 1 N–H and O–H groups in total. The van der Waals surface area contributed by atoms with Gasteiger partial charge in [-0.05, 0) is 34.7 Å². The van der Waals surface area contributed by atoms with E-state index in [1.165, 1.54) is 4.68 Å². The maximum Gasteiger partial charge on any atom is 0.183 e. The molecule has 74 valence electrons. The molecule has 1 heterocycles. The van der Waals surface area contributed by atoms with Crippen LogP contribution in [0.25, 0.3) is 11.4 Å². The molecule has 1 aromatic heterocycles. The molecule has 0 fully saturated rings. The Labute approximate surface area is 85.4 Å². The van der Waals surface area contributed by atoms with Crippen molar-refractivity contribution in [3.8, 4) is 23.2 Å². The van der Waals surface area contributed by atoms with Gasteiger partial charge in [0.1, 0.15) is 12.3 Å². The molecule has 0 saturated heterocycles. The number of hydrogen-bond acceptors (Lipinski definition) is 5. The van der Waals surface area contributed by atoms with Crippen molar-refractivity contribution in [1.29, 1.82) is 5.26 Å². The van der Waals surface area contributed by atoms with Crippen LogP contribution in [0.4, 0.5) is 0 Å². The van der Waals surface area contributed by atoms with Gasteiger partial charge in [0.05, 0.1) is 6.07 Å². The molecule has 1 aromatic carbocycles. The highest BCUT2D eigenvalue weighted by Gasteiger charge is 2.07. The van der Waals surface area contributed by atoms with Crippen LogP contribution in [0.2, 0.25) is 0 Å². The first-order valence-electron chi connectivity index (χ1n) is 4.24. The van der Waals surface area contributed by atoms with E-state index >= 15 is 0 Å². The van der Waals surface area contributed by atoms with Gasteiger partial charge >= 0.3 is 0 Å². The van der Waals surface area contributed by atoms with Crippen LogP contribution in [0, 0.1) is 11.3 Å². The Morgan fingerprint density at radius 3 is 2.73 bits per heavy atom. The third kappa shape index (κ3) is 1.76. The van der Waals surface area contributed by atoms with Gasteiger partial charge in [0.2, 0.25) is 0 Å². The van der Waals surface area contributed by atoms with E-state index in [0.717, 1.165) is 5.56 Å². The van der Waals surface area contributed by atoms with Crippen molar-refractivity contribution in [3.63, 3.8) is 0 Å². The summed E-state index contributed by atoms with van der Waals surface area (Å²) in [6, 6.07) is 8.43. The molecule has 15 heavy (non-hydrogen) atoms. The molecule has 0 aliphatic rings. The molecule has 0 bridgehead atoms. The minimum Gasteiger partial charge on any atom is -0.508 e. The van der Waals surface area contributed by atoms with Gasteiger partial charge in [-0.1, -0.05) is 0 Å². The molecule has 6 heteroatoms. The quantitative estimate of drug-likeness (QED) is 0.767. The summed E-state index contributed by atoms with van der Waals surface area (Å²) in [5, 5.41) is 28.6. The highest BCUT2D eigenvalue weighted by molar-refractivity contribution is 5.55. The average Bonchev–Trinajstić information content (AvgIpc) is 2.68. The first-order valence-corrected chi connectivity index (χ1v) is 4.24. The van der Waals surface area contributed by atoms with Crippen molar-refractivity contribution < 1.29 is 5.11 Å². The summed E-state index contributed by atoms with van der Waals surface area (Å²) in [5.74, 6) is 0.689. The van der Waals surface area contributed by atoms with Crippen LogP contribution >= 0.6 is 0 Å². The van der Waals surface area contributed by atoms with Gasteiger partial charge in [-0.15, -0.1) is 5.10 Å². The summed E-state index contributed by atoms with van der Waals surface area (Å²) in [5.41, 5.74) is 0.757. The van der Waals surface area contributed by atoms with E-state index in [-0.39, 0.29) is 12.3 Å². The summed E-state index contributed by atoms with van der Waals surface area (Å²) < 4.78 is 1.40. The van der Waals surface area contributed by atoms with E-state index in [4.69, 9.17) is 10.4 Å². The van der Waals surface area contributed by atoms with E-state index in [0.29, 0.717) is 5.82 Å². The number of phenols is 1. The summed E-state index contributed by atoms with van der Waals surface area (Å²) in [4.78, 5) is 0. The van der Waals surface area contributed by atoms with Crippen LogP contribution < -0.4 is 0 Å². The maximum atomic E-state index is 9.12. The van der Waals surface area contributed by atoms with Gasteiger partial charge in [-0.2, -0.15) is 5.26 Å². The second kappa shape index (κ2) is 3.75. The molecule has 6 nitrogen and oxygen atoms in total. The Kier molecular flexibility index (Phi) is 2.29. The number of aromatic nitrogens is 4. The monoisotopic (exact) mass is 201 g/mol. The molecule has 0 aliphatic heterocycles. The van der Waals surface area contributed by atoms with E-state index < -0.39 is 0 Å².